The maximum Gasteiger partial charge on any atom is 0.416 e. The third kappa shape index (κ3) is 4.65. The Morgan fingerprint density at radius 1 is 1.30 bits per heavy atom. The molecular formula is C13H10F3NO3. The highest BCUT2D eigenvalue weighted by atomic mass is 19.4. The molecule has 1 aromatic carbocycles. The second kappa shape index (κ2) is 6.10. The highest BCUT2D eigenvalue weighted by Gasteiger charge is 2.31. The number of carboxylic acids is 1. The monoisotopic (exact) mass is 285 g/mol. The van der Waals surface area contributed by atoms with Crippen LogP contribution in [0.15, 0.2) is 18.2 Å². The van der Waals surface area contributed by atoms with Crippen LogP contribution in [0.1, 0.15) is 28.4 Å². The van der Waals surface area contributed by atoms with E-state index in [0.29, 0.717) is 6.07 Å². The first-order valence-electron chi connectivity index (χ1n) is 5.39. The number of hydrogen-bond acceptors (Lipinski definition) is 2. The molecule has 4 nitrogen and oxygen atoms in total. The summed E-state index contributed by atoms with van der Waals surface area (Å²) in [6.07, 6.45) is -4.65. The van der Waals surface area contributed by atoms with E-state index in [1.54, 1.807) is 0 Å². The molecule has 0 aliphatic carbocycles. The Labute approximate surface area is 112 Å². The van der Waals surface area contributed by atoms with Crippen LogP contribution in [0.25, 0.3) is 0 Å². The first kappa shape index (κ1) is 15.6. The number of aromatic carboxylic acids is 1. The lowest BCUT2D eigenvalue weighted by molar-refractivity contribution is -0.137. The van der Waals surface area contributed by atoms with Gasteiger partial charge in [0, 0.05) is 12.5 Å². The van der Waals surface area contributed by atoms with E-state index in [1.807, 2.05) is 0 Å². The van der Waals surface area contributed by atoms with Crippen molar-refractivity contribution in [1.82, 2.24) is 5.32 Å². The summed E-state index contributed by atoms with van der Waals surface area (Å²) in [6, 6.07) is 2.34. The van der Waals surface area contributed by atoms with Gasteiger partial charge in [0.05, 0.1) is 17.7 Å². The number of carboxylic acid groups (broad SMARTS) is 1. The number of benzene rings is 1. The smallest absolute Gasteiger partial charge is 0.416 e. The molecule has 0 saturated carbocycles. The molecule has 0 fully saturated rings. The zero-order valence-electron chi connectivity index (χ0n) is 10.3. The van der Waals surface area contributed by atoms with Gasteiger partial charge in [-0.1, -0.05) is 11.8 Å². The van der Waals surface area contributed by atoms with E-state index in [4.69, 9.17) is 5.11 Å². The summed E-state index contributed by atoms with van der Waals surface area (Å²) in [7, 11) is 0. The molecule has 20 heavy (non-hydrogen) atoms. The third-order valence-corrected chi connectivity index (χ3v) is 2.17. The lowest BCUT2D eigenvalue weighted by Gasteiger charge is -2.08. The molecule has 1 rings (SSSR count). The van der Waals surface area contributed by atoms with Crippen molar-refractivity contribution in [1.29, 1.82) is 0 Å². The first-order chi connectivity index (χ1) is 9.20. The molecule has 0 atom stereocenters. The SMILES string of the molecule is CC(=O)NCC#Cc1cc(C(=O)O)cc(C(F)(F)F)c1. The molecule has 2 N–H and O–H groups in total. The van der Waals surface area contributed by atoms with Gasteiger partial charge in [-0.15, -0.1) is 0 Å². The van der Waals surface area contributed by atoms with E-state index < -0.39 is 23.3 Å². The van der Waals surface area contributed by atoms with Gasteiger partial charge in [0.25, 0.3) is 0 Å². The van der Waals surface area contributed by atoms with Gasteiger partial charge in [-0.05, 0) is 18.2 Å². The van der Waals surface area contributed by atoms with Crippen LogP contribution in [0, 0.1) is 11.8 Å². The molecule has 7 heteroatoms. The summed E-state index contributed by atoms with van der Waals surface area (Å²) in [5.41, 5.74) is -1.66. The van der Waals surface area contributed by atoms with Crippen molar-refractivity contribution >= 4 is 11.9 Å². The van der Waals surface area contributed by atoms with Crippen molar-refractivity contribution in [2.45, 2.75) is 13.1 Å². The molecule has 0 unspecified atom stereocenters. The van der Waals surface area contributed by atoms with Gasteiger partial charge in [0.2, 0.25) is 5.91 Å². The summed E-state index contributed by atoms with van der Waals surface area (Å²) >= 11 is 0. The van der Waals surface area contributed by atoms with Crippen molar-refractivity contribution in [2.75, 3.05) is 6.54 Å². The Bertz CT molecular complexity index is 597. The van der Waals surface area contributed by atoms with Crippen LogP contribution in [-0.2, 0) is 11.0 Å². The average molecular weight is 285 g/mol. The van der Waals surface area contributed by atoms with E-state index >= 15 is 0 Å². The molecule has 0 saturated heterocycles. The molecule has 0 aliphatic heterocycles. The quantitative estimate of drug-likeness (QED) is 0.815. The largest absolute Gasteiger partial charge is 0.478 e. The van der Waals surface area contributed by atoms with E-state index in [9.17, 15) is 22.8 Å². The molecule has 0 bridgehead atoms. The fraction of sp³-hybridized carbons (Fsp3) is 0.231. The first-order valence-corrected chi connectivity index (χ1v) is 5.39. The van der Waals surface area contributed by atoms with Crippen molar-refractivity contribution < 1.29 is 27.9 Å². The van der Waals surface area contributed by atoms with Gasteiger partial charge in [-0.2, -0.15) is 13.2 Å². The van der Waals surface area contributed by atoms with Crippen molar-refractivity contribution in [3.8, 4) is 11.8 Å². The second-order valence-corrected chi connectivity index (χ2v) is 3.81. The average Bonchev–Trinajstić information content (AvgIpc) is 2.33. The third-order valence-electron chi connectivity index (χ3n) is 2.17. The van der Waals surface area contributed by atoms with Crippen LogP contribution in [-0.4, -0.2) is 23.5 Å². The van der Waals surface area contributed by atoms with Crippen LogP contribution >= 0.6 is 0 Å². The Morgan fingerprint density at radius 3 is 2.45 bits per heavy atom. The highest BCUT2D eigenvalue weighted by Crippen LogP contribution is 2.30. The summed E-state index contributed by atoms with van der Waals surface area (Å²) in [5.74, 6) is 3.02. The number of nitrogens with one attached hydrogen (secondary N) is 1. The van der Waals surface area contributed by atoms with E-state index in [1.165, 1.54) is 6.92 Å². The highest BCUT2D eigenvalue weighted by molar-refractivity contribution is 5.88. The minimum absolute atomic E-state index is 0.0337. The summed E-state index contributed by atoms with van der Waals surface area (Å²) in [5, 5.41) is 11.1. The fourth-order valence-corrected chi connectivity index (χ4v) is 1.30. The predicted octanol–water partition coefficient (Wildman–Crippen LogP) is 1.89. The number of halogens is 3. The molecule has 0 spiro atoms. The Hall–Kier alpha value is -2.49. The Kier molecular flexibility index (Phi) is 4.75. The van der Waals surface area contributed by atoms with E-state index in [-0.39, 0.29) is 18.0 Å². The van der Waals surface area contributed by atoms with Crippen LogP contribution in [0.4, 0.5) is 13.2 Å². The van der Waals surface area contributed by atoms with Gasteiger partial charge in [0.15, 0.2) is 0 Å². The number of rotatable bonds is 2. The molecule has 0 aromatic heterocycles. The Morgan fingerprint density at radius 2 is 1.95 bits per heavy atom. The van der Waals surface area contributed by atoms with Gasteiger partial charge >= 0.3 is 12.1 Å². The molecule has 1 amide bonds. The molecule has 0 radical (unpaired) electrons. The van der Waals surface area contributed by atoms with Crippen molar-refractivity contribution in [3.05, 3.63) is 34.9 Å². The van der Waals surface area contributed by atoms with Crippen LogP contribution in [0.5, 0.6) is 0 Å². The van der Waals surface area contributed by atoms with Gasteiger partial charge < -0.3 is 10.4 Å². The summed E-state index contributed by atoms with van der Waals surface area (Å²) < 4.78 is 37.8. The molecule has 0 heterocycles. The van der Waals surface area contributed by atoms with Crippen LogP contribution in [0.3, 0.4) is 0 Å². The molecule has 1 aromatic rings. The van der Waals surface area contributed by atoms with Gasteiger partial charge in [-0.3, -0.25) is 4.79 Å². The predicted molar refractivity (Wildman–Crippen MR) is 64.0 cm³/mol. The van der Waals surface area contributed by atoms with E-state index in [2.05, 4.69) is 17.2 Å². The summed E-state index contributed by atoms with van der Waals surface area (Å²) in [6.45, 7) is 1.24. The maximum atomic E-state index is 12.6. The lowest BCUT2D eigenvalue weighted by Crippen LogP contribution is -2.19. The van der Waals surface area contributed by atoms with Crippen molar-refractivity contribution in [2.24, 2.45) is 0 Å². The standard InChI is InChI=1S/C13H10F3NO3/c1-8(18)17-4-2-3-9-5-10(12(19)20)7-11(6-9)13(14,15)16/h5-7H,4H2,1H3,(H,17,18)(H,19,20). The minimum Gasteiger partial charge on any atom is -0.478 e. The number of amides is 1. The number of carbonyl (C=O) groups excluding carboxylic acids is 1. The van der Waals surface area contributed by atoms with Gasteiger partial charge in [0.1, 0.15) is 0 Å². The zero-order chi connectivity index (χ0) is 15.3. The second-order valence-electron chi connectivity index (χ2n) is 3.81. The minimum atomic E-state index is -4.65. The van der Waals surface area contributed by atoms with Gasteiger partial charge in [-0.25, -0.2) is 4.79 Å². The van der Waals surface area contributed by atoms with Crippen LogP contribution in [0.2, 0.25) is 0 Å². The van der Waals surface area contributed by atoms with Crippen molar-refractivity contribution in [3.63, 3.8) is 0 Å². The zero-order valence-corrected chi connectivity index (χ0v) is 10.3. The molecule has 0 aliphatic rings. The topological polar surface area (TPSA) is 66.4 Å². The number of carbonyl (C=O) groups is 2. The number of alkyl halides is 3. The maximum absolute atomic E-state index is 12.6. The number of hydrogen-bond donors (Lipinski definition) is 2. The fourth-order valence-electron chi connectivity index (χ4n) is 1.30. The Balaban J connectivity index is 3.10. The van der Waals surface area contributed by atoms with Crippen LogP contribution < -0.4 is 5.32 Å². The van der Waals surface area contributed by atoms with E-state index in [0.717, 1.165) is 12.1 Å². The molecule has 106 valence electrons. The lowest BCUT2D eigenvalue weighted by atomic mass is 10.1. The summed E-state index contributed by atoms with van der Waals surface area (Å²) in [4.78, 5) is 21.4. The molecular weight excluding hydrogens is 275 g/mol. The normalized spacial score (nSPS) is 10.4.